The van der Waals surface area contributed by atoms with Crippen LogP contribution >= 0.6 is 0 Å². The van der Waals surface area contributed by atoms with Gasteiger partial charge in [-0.1, -0.05) is 55.5 Å². The molecule has 1 saturated carbocycles. The minimum Gasteiger partial charge on any atom is -0.390 e. The van der Waals surface area contributed by atoms with E-state index < -0.39 is 20.2 Å². The first-order valence-corrected chi connectivity index (χ1v) is 9.45. The van der Waals surface area contributed by atoms with Gasteiger partial charge in [-0.25, -0.2) is 8.42 Å². The summed E-state index contributed by atoms with van der Waals surface area (Å²) in [4.78, 5) is 0.342. The van der Waals surface area contributed by atoms with E-state index in [2.05, 4.69) is 0 Å². The molecule has 122 valence electrons. The minimum atomic E-state index is -3.50. The van der Waals surface area contributed by atoms with E-state index in [0.29, 0.717) is 30.6 Å². The summed E-state index contributed by atoms with van der Waals surface area (Å²) >= 11 is 0. The van der Waals surface area contributed by atoms with Crippen molar-refractivity contribution in [2.75, 3.05) is 0 Å². The molecule has 1 aliphatic rings. The van der Waals surface area contributed by atoms with Crippen LogP contribution in [0.5, 0.6) is 0 Å². The maximum Gasteiger partial charge on any atom is 0.184 e. The van der Waals surface area contributed by atoms with Gasteiger partial charge < -0.3 is 5.11 Å². The van der Waals surface area contributed by atoms with Gasteiger partial charge in [-0.15, -0.1) is 0 Å². The van der Waals surface area contributed by atoms with Crippen molar-refractivity contribution in [3.63, 3.8) is 0 Å². The van der Waals surface area contributed by atoms with Crippen LogP contribution in [0.25, 0.3) is 0 Å². The van der Waals surface area contributed by atoms with Crippen LogP contribution < -0.4 is 0 Å². The van der Waals surface area contributed by atoms with Gasteiger partial charge in [0.25, 0.3) is 0 Å². The van der Waals surface area contributed by atoms with Gasteiger partial charge in [0, 0.05) is 0 Å². The van der Waals surface area contributed by atoms with Gasteiger partial charge in [0.05, 0.1) is 15.2 Å². The molecule has 23 heavy (non-hydrogen) atoms. The standard InChI is InChI=1S/C19H22O3S/c1-2-18(20)14-19(15-18,13-16-9-5-3-6-10-16)23(21,22)17-11-7-4-8-12-17/h3-12,20H,2,13-15H2,1H3. The lowest BCUT2D eigenvalue weighted by molar-refractivity contribution is -0.0638. The Hall–Kier alpha value is -1.65. The molecular formula is C19H22O3S. The van der Waals surface area contributed by atoms with Crippen LogP contribution in [0, 0.1) is 0 Å². The van der Waals surface area contributed by atoms with Crippen LogP contribution in [0.3, 0.4) is 0 Å². The predicted octanol–water partition coefficient (Wildman–Crippen LogP) is 3.38. The fourth-order valence-electron chi connectivity index (χ4n) is 3.63. The molecule has 3 rings (SSSR count). The number of sulfone groups is 1. The van der Waals surface area contributed by atoms with E-state index >= 15 is 0 Å². The lowest BCUT2D eigenvalue weighted by atomic mass is 9.66. The Morgan fingerprint density at radius 2 is 1.48 bits per heavy atom. The molecule has 0 atom stereocenters. The normalized spacial score (nSPS) is 27.4. The highest BCUT2D eigenvalue weighted by atomic mass is 32.2. The van der Waals surface area contributed by atoms with E-state index in [1.165, 1.54) is 0 Å². The van der Waals surface area contributed by atoms with Gasteiger partial charge in [0.1, 0.15) is 0 Å². The first-order valence-electron chi connectivity index (χ1n) is 7.97. The summed E-state index contributed by atoms with van der Waals surface area (Å²) in [6, 6.07) is 18.2. The lowest BCUT2D eigenvalue weighted by Crippen LogP contribution is -2.61. The van der Waals surface area contributed by atoms with Crippen molar-refractivity contribution in [3.8, 4) is 0 Å². The Balaban J connectivity index is 2.00. The zero-order chi connectivity index (χ0) is 16.6. The highest BCUT2D eigenvalue weighted by molar-refractivity contribution is 7.93. The van der Waals surface area contributed by atoms with E-state index in [1.807, 2.05) is 43.3 Å². The molecule has 0 amide bonds. The third kappa shape index (κ3) is 2.81. The monoisotopic (exact) mass is 330 g/mol. The summed E-state index contributed by atoms with van der Waals surface area (Å²) in [6.07, 6.45) is 1.60. The molecule has 0 unspecified atom stereocenters. The van der Waals surface area contributed by atoms with Gasteiger partial charge in [-0.2, -0.15) is 0 Å². The molecule has 0 aliphatic heterocycles. The molecule has 0 bridgehead atoms. The van der Waals surface area contributed by atoms with Crippen LogP contribution in [-0.4, -0.2) is 23.9 Å². The molecule has 0 spiro atoms. The Kier molecular flexibility index (Phi) is 4.07. The zero-order valence-corrected chi connectivity index (χ0v) is 14.1. The zero-order valence-electron chi connectivity index (χ0n) is 13.3. The molecule has 0 radical (unpaired) electrons. The first kappa shape index (κ1) is 16.2. The molecule has 0 saturated heterocycles. The summed E-state index contributed by atoms with van der Waals surface area (Å²) in [5.41, 5.74) is 0.126. The van der Waals surface area contributed by atoms with Crippen LogP contribution in [0.2, 0.25) is 0 Å². The quantitative estimate of drug-likeness (QED) is 0.914. The van der Waals surface area contributed by atoms with Gasteiger partial charge in [0.2, 0.25) is 0 Å². The Morgan fingerprint density at radius 1 is 0.957 bits per heavy atom. The second-order valence-electron chi connectivity index (χ2n) is 6.59. The highest BCUT2D eigenvalue weighted by Gasteiger charge is 2.60. The molecule has 4 heteroatoms. The fraction of sp³-hybridized carbons (Fsp3) is 0.368. The summed E-state index contributed by atoms with van der Waals surface area (Å²) in [5, 5.41) is 10.5. The number of benzene rings is 2. The Morgan fingerprint density at radius 3 is 2.00 bits per heavy atom. The molecule has 2 aromatic carbocycles. The second kappa shape index (κ2) is 5.77. The highest BCUT2D eigenvalue weighted by Crippen LogP contribution is 2.52. The van der Waals surface area contributed by atoms with Crippen LogP contribution in [0.4, 0.5) is 0 Å². The van der Waals surface area contributed by atoms with Gasteiger partial charge in [-0.05, 0) is 43.4 Å². The van der Waals surface area contributed by atoms with Gasteiger partial charge in [-0.3, -0.25) is 0 Å². The Bertz CT molecular complexity index is 761. The largest absolute Gasteiger partial charge is 0.390 e. The van der Waals surface area contributed by atoms with Gasteiger partial charge in [0.15, 0.2) is 9.84 Å². The van der Waals surface area contributed by atoms with Gasteiger partial charge >= 0.3 is 0 Å². The minimum absolute atomic E-state index is 0.294. The molecule has 1 fully saturated rings. The van der Waals surface area contributed by atoms with E-state index in [-0.39, 0.29) is 0 Å². The molecular weight excluding hydrogens is 308 g/mol. The van der Waals surface area contributed by atoms with Crippen LogP contribution in [0.1, 0.15) is 31.7 Å². The molecule has 3 nitrogen and oxygen atoms in total. The molecule has 1 aliphatic carbocycles. The van der Waals surface area contributed by atoms with Crippen molar-refractivity contribution >= 4 is 9.84 Å². The number of rotatable bonds is 5. The maximum atomic E-state index is 13.2. The number of hydrogen-bond acceptors (Lipinski definition) is 3. The number of hydrogen-bond donors (Lipinski definition) is 1. The third-order valence-corrected chi connectivity index (χ3v) is 7.42. The van der Waals surface area contributed by atoms with E-state index in [1.54, 1.807) is 24.3 Å². The van der Waals surface area contributed by atoms with Crippen molar-refractivity contribution in [2.24, 2.45) is 0 Å². The Labute approximate surface area is 137 Å². The SMILES string of the molecule is CCC1(O)CC(Cc2ccccc2)(S(=O)(=O)c2ccccc2)C1. The predicted molar refractivity (Wildman–Crippen MR) is 91.0 cm³/mol. The van der Waals surface area contributed by atoms with Crippen molar-refractivity contribution in [1.29, 1.82) is 0 Å². The molecule has 0 aromatic heterocycles. The molecule has 2 aromatic rings. The van der Waals surface area contributed by atoms with Crippen molar-refractivity contribution < 1.29 is 13.5 Å². The van der Waals surface area contributed by atoms with Crippen molar-refractivity contribution in [2.45, 2.75) is 47.9 Å². The van der Waals surface area contributed by atoms with Crippen LogP contribution in [0.15, 0.2) is 65.6 Å². The summed E-state index contributed by atoms with van der Waals surface area (Å²) < 4.78 is 25.6. The summed E-state index contributed by atoms with van der Waals surface area (Å²) in [6.45, 7) is 1.90. The van der Waals surface area contributed by atoms with E-state index in [4.69, 9.17) is 0 Å². The van der Waals surface area contributed by atoms with Crippen molar-refractivity contribution in [3.05, 3.63) is 66.2 Å². The number of aliphatic hydroxyl groups is 1. The summed E-state index contributed by atoms with van der Waals surface area (Å²) in [5.74, 6) is 0. The average Bonchev–Trinajstić information content (AvgIpc) is 2.54. The topological polar surface area (TPSA) is 54.4 Å². The first-order chi connectivity index (χ1) is 10.9. The molecule has 0 heterocycles. The van der Waals surface area contributed by atoms with Crippen molar-refractivity contribution in [1.82, 2.24) is 0 Å². The van der Waals surface area contributed by atoms with Crippen LogP contribution in [-0.2, 0) is 16.3 Å². The average molecular weight is 330 g/mol. The lowest BCUT2D eigenvalue weighted by Gasteiger charge is -2.52. The van der Waals surface area contributed by atoms with E-state index in [0.717, 1.165) is 5.56 Å². The smallest absolute Gasteiger partial charge is 0.184 e. The fourth-order valence-corrected chi connectivity index (χ4v) is 5.91. The second-order valence-corrected chi connectivity index (χ2v) is 8.94. The summed E-state index contributed by atoms with van der Waals surface area (Å²) in [7, 11) is -3.50. The maximum absolute atomic E-state index is 13.2. The van der Waals surface area contributed by atoms with E-state index in [9.17, 15) is 13.5 Å². The molecule has 1 N–H and O–H groups in total. The third-order valence-electron chi connectivity index (χ3n) is 4.95.